The summed E-state index contributed by atoms with van der Waals surface area (Å²) in [6.45, 7) is 2.36. The molecule has 0 aromatic heterocycles. The van der Waals surface area contributed by atoms with Crippen LogP contribution in [0.25, 0.3) is 0 Å². The zero-order valence-electron chi connectivity index (χ0n) is 10.4. The van der Waals surface area contributed by atoms with Crippen LogP contribution in [0, 0.1) is 20.6 Å². The number of rotatable bonds is 4. The topological polar surface area (TPSA) is 55.2 Å². The van der Waals surface area contributed by atoms with E-state index >= 15 is 0 Å². The number of halogens is 1. The van der Waals surface area contributed by atoms with Crippen molar-refractivity contribution in [2.75, 3.05) is 5.32 Å². The van der Waals surface area contributed by atoms with Gasteiger partial charge in [-0.3, -0.25) is 10.1 Å². The van der Waals surface area contributed by atoms with Crippen molar-refractivity contribution in [3.05, 3.63) is 67.3 Å². The summed E-state index contributed by atoms with van der Waals surface area (Å²) in [5.74, 6) is 0. The molecule has 0 heterocycles. The van der Waals surface area contributed by atoms with Gasteiger partial charge in [0.25, 0.3) is 5.69 Å². The van der Waals surface area contributed by atoms with E-state index in [0.717, 1.165) is 11.3 Å². The zero-order chi connectivity index (χ0) is 13.8. The Balaban J connectivity index is 2.13. The maximum atomic E-state index is 10.9. The van der Waals surface area contributed by atoms with Crippen LogP contribution in [-0.4, -0.2) is 4.92 Å². The van der Waals surface area contributed by atoms with Crippen molar-refractivity contribution in [3.8, 4) is 0 Å². The van der Waals surface area contributed by atoms with Crippen molar-refractivity contribution in [2.24, 2.45) is 0 Å². The van der Waals surface area contributed by atoms with E-state index in [4.69, 9.17) is 0 Å². The highest BCUT2D eigenvalue weighted by molar-refractivity contribution is 14.1. The summed E-state index contributed by atoms with van der Waals surface area (Å²) in [5.41, 5.74) is 2.83. The third-order valence-electron chi connectivity index (χ3n) is 2.94. The van der Waals surface area contributed by atoms with E-state index in [1.807, 2.05) is 30.3 Å². The summed E-state index contributed by atoms with van der Waals surface area (Å²) in [5, 5.41) is 14.1. The molecule has 0 bridgehead atoms. The second kappa shape index (κ2) is 6.01. The van der Waals surface area contributed by atoms with E-state index in [2.05, 4.69) is 27.9 Å². The molecular formula is C14H13IN2O2. The summed E-state index contributed by atoms with van der Waals surface area (Å²) in [6, 6.07) is 13.2. The smallest absolute Gasteiger partial charge is 0.272 e. The first kappa shape index (κ1) is 13.8. The minimum atomic E-state index is -0.344. The van der Waals surface area contributed by atoms with Crippen LogP contribution < -0.4 is 5.32 Å². The van der Waals surface area contributed by atoms with Gasteiger partial charge in [-0.05, 0) is 59.3 Å². The lowest BCUT2D eigenvalue weighted by Gasteiger charge is -2.09. The number of nitro groups is 1. The molecule has 0 fully saturated rings. The average molecular weight is 368 g/mol. The number of nitrogens with one attached hydrogen (secondary N) is 1. The molecule has 0 aliphatic carbocycles. The van der Waals surface area contributed by atoms with Crippen LogP contribution in [-0.2, 0) is 6.54 Å². The number of hydrogen-bond acceptors (Lipinski definition) is 3. The lowest BCUT2D eigenvalue weighted by atomic mass is 10.1. The molecule has 2 aromatic carbocycles. The number of anilines is 1. The number of nitro benzene ring substituents is 1. The van der Waals surface area contributed by atoms with Crippen molar-refractivity contribution >= 4 is 34.0 Å². The van der Waals surface area contributed by atoms with E-state index in [-0.39, 0.29) is 10.6 Å². The van der Waals surface area contributed by atoms with Gasteiger partial charge in [0, 0.05) is 27.4 Å². The van der Waals surface area contributed by atoms with E-state index in [1.54, 1.807) is 13.0 Å². The Labute approximate surface area is 125 Å². The summed E-state index contributed by atoms with van der Waals surface area (Å²) < 4.78 is 1.18. The molecule has 4 nitrogen and oxygen atoms in total. The SMILES string of the molecule is Cc1c(CNc2ccc(I)cc2)cccc1[N+](=O)[O-]. The average Bonchev–Trinajstić information content (AvgIpc) is 2.39. The lowest BCUT2D eigenvalue weighted by molar-refractivity contribution is -0.385. The van der Waals surface area contributed by atoms with Gasteiger partial charge in [-0.25, -0.2) is 0 Å². The highest BCUT2D eigenvalue weighted by atomic mass is 127. The molecule has 0 unspecified atom stereocenters. The van der Waals surface area contributed by atoms with Crippen molar-refractivity contribution in [2.45, 2.75) is 13.5 Å². The lowest BCUT2D eigenvalue weighted by Crippen LogP contribution is -2.03. The van der Waals surface area contributed by atoms with Crippen LogP contribution in [0.15, 0.2) is 42.5 Å². The molecule has 98 valence electrons. The number of hydrogen-bond donors (Lipinski definition) is 1. The molecule has 1 N–H and O–H groups in total. The fraction of sp³-hybridized carbons (Fsp3) is 0.143. The van der Waals surface area contributed by atoms with Gasteiger partial charge < -0.3 is 5.32 Å². The monoisotopic (exact) mass is 368 g/mol. The maximum absolute atomic E-state index is 10.9. The first-order valence-electron chi connectivity index (χ1n) is 5.80. The van der Waals surface area contributed by atoms with Crippen molar-refractivity contribution in [1.82, 2.24) is 0 Å². The van der Waals surface area contributed by atoms with Gasteiger partial charge >= 0.3 is 0 Å². The van der Waals surface area contributed by atoms with Gasteiger partial charge in [-0.15, -0.1) is 0 Å². The first-order chi connectivity index (χ1) is 9.08. The largest absolute Gasteiger partial charge is 0.381 e. The van der Waals surface area contributed by atoms with Gasteiger partial charge in [0.1, 0.15) is 0 Å². The molecular weight excluding hydrogens is 355 g/mol. The van der Waals surface area contributed by atoms with Crippen LogP contribution in [0.5, 0.6) is 0 Å². The van der Waals surface area contributed by atoms with E-state index in [0.29, 0.717) is 12.1 Å². The Hall–Kier alpha value is -1.63. The molecule has 0 spiro atoms. The second-order valence-corrected chi connectivity index (χ2v) is 5.42. The molecule has 0 saturated heterocycles. The Morgan fingerprint density at radius 2 is 1.89 bits per heavy atom. The predicted molar refractivity (Wildman–Crippen MR) is 84.3 cm³/mol. The maximum Gasteiger partial charge on any atom is 0.272 e. The second-order valence-electron chi connectivity index (χ2n) is 4.18. The van der Waals surface area contributed by atoms with Crippen LogP contribution in [0.1, 0.15) is 11.1 Å². The first-order valence-corrected chi connectivity index (χ1v) is 6.88. The number of benzene rings is 2. The molecule has 0 aliphatic heterocycles. The summed E-state index contributed by atoms with van der Waals surface area (Å²) in [7, 11) is 0. The molecule has 0 atom stereocenters. The van der Waals surface area contributed by atoms with E-state index in [9.17, 15) is 10.1 Å². The summed E-state index contributed by atoms with van der Waals surface area (Å²) >= 11 is 2.25. The Kier molecular flexibility index (Phi) is 4.36. The minimum Gasteiger partial charge on any atom is -0.381 e. The molecule has 0 saturated carbocycles. The number of nitrogens with zero attached hydrogens (tertiary/aromatic N) is 1. The fourth-order valence-corrected chi connectivity index (χ4v) is 2.18. The van der Waals surface area contributed by atoms with Crippen LogP contribution in [0.4, 0.5) is 11.4 Å². The molecule has 19 heavy (non-hydrogen) atoms. The van der Waals surface area contributed by atoms with Gasteiger partial charge in [0.2, 0.25) is 0 Å². The molecule has 0 radical (unpaired) electrons. The van der Waals surface area contributed by atoms with Crippen LogP contribution >= 0.6 is 22.6 Å². The normalized spacial score (nSPS) is 10.2. The third-order valence-corrected chi connectivity index (χ3v) is 3.66. The predicted octanol–water partition coefficient (Wildman–Crippen LogP) is 4.12. The van der Waals surface area contributed by atoms with Gasteiger partial charge in [-0.1, -0.05) is 12.1 Å². The van der Waals surface area contributed by atoms with Crippen LogP contribution in [0.3, 0.4) is 0 Å². The molecule has 2 aromatic rings. The van der Waals surface area contributed by atoms with Crippen molar-refractivity contribution in [1.29, 1.82) is 0 Å². The Morgan fingerprint density at radius 1 is 1.21 bits per heavy atom. The summed E-state index contributed by atoms with van der Waals surface area (Å²) in [4.78, 5) is 10.5. The minimum absolute atomic E-state index is 0.168. The Morgan fingerprint density at radius 3 is 2.53 bits per heavy atom. The quantitative estimate of drug-likeness (QED) is 0.502. The fourth-order valence-electron chi connectivity index (χ4n) is 1.82. The standard InChI is InChI=1S/C14H13IN2O2/c1-10-11(3-2-4-14(10)17(18)19)9-16-13-7-5-12(15)6-8-13/h2-8,16H,9H2,1H3. The summed E-state index contributed by atoms with van der Waals surface area (Å²) in [6.07, 6.45) is 0. The highest BCUT2D eigenvalue weighted by Gasteiger charge is 2.12. The Bertz CT molecular complexity index is 597. The van der Waals surface area contributed by atoms with Crippen molar-refractivity contribution in [3.63, 3.8) is 0 Å². The molecule has 0 amide bonds. The van der Waals surface area contributed by atoms with Crippen LogP contribution in [0.2, 0.25) is 0 Å². The van der Waals surface area contributed by atoms with Gasteiger partial charge in [-0.2, -0.15) is 0 Å². The third kappa shape index (κ3) is 3.44. The highest BCUT2D eigenvalue weighted by Crippen LogP contribution is 2.22. The molecule has 2 rings (SSSR count). The van der Waals surface area contributed by atoms with Gasteiger partial charge in [0.05, 0.1) is 4.92 Å². The van der Waals surface area contributed by atoms with E-state index in [1.165, 1.54) is 9.64 Å². The zero-order valence-corrected chi connectivity index (χ0v) is 12.5. The van der Waals surface area contributed by atoms with Crippen molar-refractivity contribution < 1.29 is 4.92 Å². The van der Waals surface area contributed by atoms with Gasteiger partial charge in [0.15, 0.2) is 0 Å². The van der Waals surface area contributed by atoms with E-state index < -0.39 is 0 Å². The molecule has 0 aliphatic rings. The molecule has 5 heteroatoms.